The quantitative estimate of drug-likeness (QED) is 0.403. The topological polar surface area (TPSA) is 57.2 Å². The first-order valence-electron chi connectivity index (χ1n) is 8.55. The summed E-state index contributed by atoms with van der Waals surface area (Å²) in [4.78, 5) is 20.2. The lowest BCUT2D eigenvalue weighted by Crippen LogP contribution is -2.39. The number of rotatable bonds is 6. The second-order valence-corrected chi connectivity index (χ2v) is 6.09. The van der Waals surface area contributed by atoms with E-state index in [-0.39, 0.29) is 36.5 Å². The number of carbonyl (C=O) groups is 1. The van der Waals surface area contributed by atoms with E-state index in [4.69, 9.17) is 9.73 Å². The fourth-order valence-electron chi connectivity index (χ4n) is 2.53. The van der Waals surface area contributed by atoms with E-state index in [1.54, 1.807) is 14.1 Å². The van der Waals surface area contributed by atoms with E-state index in [1.165, 1.54) is 17.7 Å². The Bertz CT molecular complexity index is 572. The first kappa shape index (κ1) is 21.5. The number of ether oxygens (including phenoxy) is 1. The molecule has 1 amide bonds. The zero-order valence-electron chi connectivity index (χ0n) is 15.3. The highest BCUT2D eigenvalue weighted by atomic mass is 127. The number of halogens is 1. The molecule has 1 aromatic carbocycles. The molecule has 1 aliphatic heterocycles. The van der Waals surface area contributed by atoms with Crippen LogP contribution in [0.25, 0.3) is 0 Å². The van der Waals surface area contributed by atoms with Gasteiger partial charge < -0.3 is 19.9 Å². The Morgan fingerprint density at radius 1 is 1.32 bits per heavy atom. The molecule has 7 heteroatoms. The second kappa shape index (κ2) is 11.2. The predicted molar refractivity (Wildman–Crippen MR) is 112 cm³/mol. The highest BCUT2D eigenvalue weighted by Crippen LogP contribution is 2.15. The molecule has 0 atom stereocenters. The summed E-state index contributed by atoms with van der Waals surface area (Å²) < 4.78 is 5.56. The van der Waals surface area contributed by atoms with Crippen LogP contribution in [0.15, 0.2) is 29.3 Å². The van der Waals surface area contributed by atoms with E-state index < -0.39 is 0 Å². The summed E-state index contributed by atoms with van der Waals surface area (Å²) in [5.74, 6) is 1.62. The van der Waals surface area contributed by atoms with Gasteiger partial charge in [0.1, 0.15) is 5.75 Å². The molecule has 25 heavy (non-hydrogen) atoms. The first-order valence-corrected chi connectivity index (χ1v) is 8.55. The van der Waals surface area contributed by atoms with E-state index in [1.807, 2.05) is 24.3 Å². The van der Waals surface area contributed by atoms with Crippen molar-refractivity contribution in [2.24, 2.45) is 4.99 Å². The van der Waals surface area contributed by atoms with Crippen LogP contribution in [0.1, 0.15) is 25.3 Å². The van der Waals surface area contributed by atoms with Crippen molar-refractivity contribution in [2.45, 2.75) is 26.3 Å². The van der Waals surface area contributed by atoms with Crippen molar-refractivity contribution < 1.29 is 9.53 Å². The lowest BCUT2D eigenvalue weighted by Gasteiger charge is -2.20. The monoisotopic (exact) mass is 460 g/mol. The lowest BCUT2D eigenvalue weighted by molar-refractivity contribution is -0.130. The van der Waals surface area contributed by atoms with Gasteiger partial charge in [-0.1, -0.05) is 12.1 Å². The van der Waals surface area contributed by atoms with E-state index in [2.05, 4.69) is 17.1 Å². The average molecular weight is 460 g/mol. The van der Waals surface area contributed by atoms with E-state index in [9.17, 15) is 4.79 Å². The molecular formula is C18H29IN4O2. The largest absolute Gasteiger partial charge is 0.484 e. The summed E-state index contributed by atoms with van der Waals surface area (Å²) in [6.45, 7) is 5.74. The molecule has 1 aliphatic rings. The molecule has 1 fully saturated rings. The molecule has 0 aliphatic carbocycles. The zero-order valence-corrected chi connectivity index (χ0v) is 17.7. The van der Waals surface area contributed by atoms with Crippen molar-refractivity contribution in [3.63, 3.8) is 0 Å². The van der Waals surface area contributed by atoms with Gasteiger partial charge in [-0.2, -0.15) is 0 Å². The van der Waals surface area contributed by atoms with Crippen molar-refractivity contribution >= 4 is 35.8 Å². The smallest absolute Gasteiger partial charge is 0.259 e. The third kappa shape index (κ3) is 7.09. The fraction of sp³-hybridized carbons (Fsp3) is 0.556. The van der Waals surface area contributed by atoms with Gasteiger partial charge in [-0.25, -0.2) is 4.99 Å². The van der Waals surface area contributed by atoms with E-state index in [0.29, 0.717) is 12.3 Å². The van der Waals surface area contributed by atoms with Crippen LogP contribution in [-0.4, -0.2) is 62.0 Å². The normalized spacial score (nSPS) is 14.0. The van der Waals surface area contributed by atoms with Gasteiger partial charge in [0.2, 0.25) is 0 Å². The van der Waals surface area contributed by atoms with Gasteiger partial charge >= 0.3 is 0 Å². The number of benzene rings is 1. The second-order valence-electron chi connectivity index (χ2n) is 6.09. The van der Waals surface area contributed by atoms with Crippen LogP contribution in [0.4, 0.5) is 0 Å². The summed E-state index contributed by atoms with van der Waals surface area (Å²) in [7, 11) is 3.44. The van der Waals surface area contributed by atoms with Crippen LogP contribution in [-0.2, 0) is 11.3 Å². The minimum Gasteiger partial charge on any atom is -0.484 e. The summed E-state index contributed by atoms with van der Waals surface area (Å²) >= 11 is 0. The van der Waals surface area contributed by atoms with Gasteiger partial charge in [0.25, 0.3) is 5.91 Å². The highest BCUT2D eigenvalue weighted by molar-refractivity contribution is 14.0. The first-order chi connectivity index (χ1) is 11.6. The molecule has 0 spiro atoms. The molecule has 0 bridgehead atoms. The zero-order chi connectivity index (χ0) is 17.4. The molecule has 0 aromatic heterocycles. The number of nitrogens with zero attached hydrogens (tertiary/aromatic N) is 3. The summed E-state index contributed by atoms with van der Waals surface area (Å²) in [6.07, 6.45) is 2.46. The molecular weight excluding hydrogens is 431 g/mol. The summed E-state index contributed by atoms with van der Waals surface area (Å²) in [5, 5.41) is 3.36. The number of hydrogen-bond donors (Lipinski definition) is 1. The molecule has 1 aromatic rings. The van der Waals surface area contributed by atoms with Crippen LogP contribution in [0.3, 0.4) is 0 Å². The summed E-state index contributed by atoms with van der Waals surface area (Å²) in [6, 6.07) is 7.77. The van der Waals surface area contributed by atoms with Crippen molar-refractivity contribution in [1.29, 1.82) is 0 Å². The number of guanidine groups is 1. The average Bonchev–Trinajstić information content (AvgIpc) is 3.11. The maximum absolute atomic E-state index is 11.6. The minimum absolute atomic E-state index is 0. The lowest BCUT2D eigenvalue weighted by atomic mass is 10.2. The third-order valence-electron chi connectivity index (χ3n) is 3.91. The standard InChI is InChI=1S/C18H28N4O2.HI/c1-4-19-18(22-10-5-6-11-22)20-13-15-8-7-9-16(12-15)24-14-17(23)21(2)3;/h7-9,12H,4-6,10-11,13-14H2,1-3H3,(H,19,20);1H. The number of likely N-dealkylation sites (N-methyl/N-ethyl adjacent to an activating group) is 1. The number of aliphatic imine (C=N–C) groups is 1. The van der Waals surface area contributed by atoms with Crippen molar-refractivity contribution in [2.75, 3.05) is 40.3 Å². The van der Waals surface area contributed by atoms with Gasteiger partial charge in [-0.15, -0.1) is 24.0 Å². The molecule has 0 unspecified atom stereocenters. The molecule has 1 N–H and O–H groups in total. The molecule has 1 saturated heterocycles. The van der Waals surface area contributed by atoms with Crippen LogP contribution in [0.2, 0.25) is 0 Å². The Morgan fingerprint density at radius 3 is 2.68 bits per heavy atom. The fourth-order valence-corrected chi connectivity index (χ4v) is 2.53. The van der Waals surface area contributed by atoms with E-state index in [0.717, 1.165) is 31.2 Å². The Labute approximate surface area is 167 Å². The van der Waals surface area contributed by atoms with Crippen LogP contribution in [0, 0.1) is 0 Å². The number of nitrogens with one attached hydrogen (secondary N) is 1. The van der Waals surface area contributed by atoms with Crippen LogP contribution >= 0.6 is 24.0 Å². The van der Waals surface area contributed by atoms with Crippen LogP contribution in [0.5, 0.6) is 5.75 Å². The Balaban J connectivity index is 0.00000312. The van der Waals surface area contributed by atoms with E-state index >= 15 is 0 Å². The molecule has 0 radical (unpaired) electrons. The van der Waals surface area contributed by atoms with Gasteiger partial charge in [0.15, 0.2) is 12.6 Å². The maximum Gasteiger partial charge on any atom is 0.259 e. The maximum atomic E-state index is 11.6. The highest BCUT2D eigenvalue weighted by Gasteiger charge is 2.15. The molecule has 140 valence electrons. The van der Waals surface area contributed by atoms with Crippen molar-refractivity contribution in [3.05, 3.63) is 29.8 Å². The molecule has 1 heterocycles. The summed E-state index contributed by atoms with van der Waals surface area (Å²) in [5.41, 5.74) is 1.07. The predicted octanol–water partition coefficient (Wildman–Crippen LogP) is 2.33. The molecule has 6 nitrogen and oxygen atoms in total. The Hall–Kier alpha value is -1.51. The number of likely N-dealkylation sites (tertiary alicyclic amines) is 1. The van der Waals surface area contributed by atoms with Gasteiger partial charge in [-0.05, 0) is 37.5 Å². The van der Waals surface area contributed by atoms with Crippen LogP contribution < -0.4 is 10.1 Å². The van der Waals surface area contributed by atoms with Crippen molar-refractivity contribution in [3.8, 4) is 5.75 Å². The number of amides is 1. The van der Waals surface area contributed by atoms with Gasteiger partial charge in [0.05, 0.1) is 6.54 Å². The Morgan fingerprint density at radius 2 is 2.04 bits per heavy atom. The third-order valence-corrected chi connectivity index (χ3v) is 3.91. The number of hydrogen-bond acceptors (Lipinski definition) is 3. The minimum atomic E-state index is -0.0538. The molecule has 2 rings (SSSR count). The Kier molecular flexibility index (Phi) is 9.62. The number of carbonyl (C=O) groups excluding carboxylic acids is 1. The van der Waals surface area contributed by atoms with Gasteiger partial charge in [-0.3, -0.25) is 4.79 Å². The van der Waals surface area contributed by atoms with Gasteiger partial charge in [0, 0.05) is 33.7 Å². The SMILES string of the molecule is CCNC(=NCc1cccc(OCC(=O)N(C)C)c1)N1CCCC1.I. The van der Waals surface area contributed by atoms with Crippen molar-refractivity contribution in [1.82, 2.24) is 15.1 Å². The molecule has 0 saturated carbocycles.